The quantitative estimate of drug-likeness (QED) is 0.903. The van der Waals surface area contributed by atoms with E-state index in [1.165, 1.54) is 25.8 Å². The first-order chi connectivity index (χ1) is 8.63. The van der Waals surface area contributed by atoms with Gasteiger partial charge in [-0.25, -0.2) is 9.69 Å². The maximum Gasteiger partial charge on any atom is 0.327 e. The molecule has 96 valence electrons. The molecule has 2 rings (SSSR count). The van der Waals surface area contributed by atoms with Crippen LogP contribution in [0.15, 0.2) is 35.2 Å². The van der Waals surface area contributed by atoms with Crippen LogP contribution in [-0.2, 0) is 9.53 Å². The third-order valence-electron chi connectivity index (χ3n) is 2.59. The molecule has 5 nitrogen and oxygen atoms in total. The highest BCUT2D eigenvalue weighted by atomic mass is 32.2. The van der Waals surface area contributed by atoms with Gasteiger partial charge in [-0.05, 0) is 12.1 Å². The number of amides is 3. The largest absolute Gasteiger partial charge is 0.358 e. The summed E-state index contributed by atoms with van der Waals surface area (Å²) in [7, 11) is 1.49. The Bertz CT molecular complexity index is 452. The van der Waals surface area contributed by atoms with Crippen LogP contribution in [0.5, 0.6) is 0 Å². The molecule has 0 bridgehead atoms. The summed E-state index contributed by atoms with van der Waals surface area (Å²) in [5.41, 5.74) is 0. The Morgan fingerprint density at radius 2 is 2.06 bits per heavy atom. The van der Waals surface area contributed by atoms with Crippen molar-refractivity contribution in [2.45, 2.75) is 23.4 Å². The van der Waals surface area contributed by atoms with Crippen molar-refractivity contribution in [2.75, 3.05) is 7.11 Å². The maximum absolute atomic E-state index is 11.7. The number of carbonyl (C=O) groups is 2. The summed E-state index contributed by atoms with van der Waals surface area (Å²) < 4.78 is 5.24. The van der Waals surface area contributed by atoms with Gasteiger partial charge >= 0.3 is 6.03 Å². The predicted octanol–water partition coefficient (Wildman–Crippen LogP) is 1.65. The number of ether oxygens (including phenoxy) is 1. The number of carbonyl (C=O) groups excluding carboxylic acids is 2. The van der Waals surface area contributed by atoms with Gasteiger partial charge in [-0.2, -0.15) is 0 Å². The van der Waals surface area contributed by atoms with Crippen LogP contribution in [0, 0.1) is 0 Å². The molecule has 1 fully saturated rings. The number of nitrogens with zero attached hydrogens (tertiary/aromatic N) is 1. The number of nitrogens with one attached hydrogen (secondary N) is 1. The van der Waals surface area contributed by atoms with E-state index in [0.717, 1.165) is 9.80 Å². The van der Waals surface area contributed by atoms with Crippen LogP contribution in [0.25, 0.3) is 0 Å². The number of urea groups is 1. The van der Waals surface area contributed by atoms with Crippen LogP contribution in [0.3, 0.4) is 0 Å². The lowest BCUT2D eigenvalue weighted by Crippen LogP contribution is -2.40. The minimum Gasteiger partial charge on any atom is -0.358 e. The molecule has 1 aliphatic heterocycles. The zero-order valence-corrected chi connectivity index (χ0v) is 10.9. The van der Waals surface area contributed by atoms with Crippen LogP contribution in [-0.4, -0.2) is 35.5 Å². The van der Waals surface area contributed by atoms with Crippen molar-refractivity contribution in [3.05, 3.63) is 30.3 Å². The molecule has 2 atom stereocenters. The molecular formula is C12H14N2O3S. The molecule has 0 spiro atoms. The van der Waals surface area contributed by atoms with E-state index < -0.39 is 12.3 Å². The first-order valence-electron chi connectivity index (χ1n) is 5.48. The Balaban J connectivity index is 2.14. The molecule has 0 unspecified atom stereocenters. The van der Waals surface area contributed by atoms with E-state index in [1.54, 1.807) is 0 Å². The van der Waals surface area contributed by atoms with E-state index in [4.69, 9.17) is 4.74 Å². The lowest BCUT2D eigenvalue weighted by atomic mass is 10.4. The lowest BCUT2D eigenvalue weighted by molar-refractivity contribution is -0.133. The summed E-state index contributed by atoms with van der Waals surface area (Å²) in [5, 5.41) is 2.44. The monoisotopic (exact) mass is 266 g/mol. The zero-order valence-electron chi connectivity index (χ0n) is 10.1. The van der Waals surface area contributed by atoms with E-state index in [2.05, 4.69) is 5.32 Å². The SMILES string of the molecule is CO[C@@H]1[C@H](Sc2ccccc2)NC(=O)N1C(C)=O. The number of methoxy groups -OCH3 is 1. The molecule has 18 heavy (non-hydrogen) atoms. The topological polar surface area (TPSA) is 58.6 Å². The van der Waals surface area contributed by atoms with E-state index >= 15 is 0 Å². The molecule has 6 heteroatoms. The first kappa shape index (κ1) is 12.9. The Morgan fingerprint density at radius 3 is 2.61 bits per heavy atom. The van der Waals surface area contributed by atoms with Gasteiger partial charge in [0.1, 0.15) is 5.37 Å². The van der Waals surface area contributed by atoms with Crippen LogP contribution < -0.4 is 5.32 Å². The number of rotatable bonds is 3. The van der Waals surface area contributed by atoms with Gasteiger partial charge in [0.25, 0.3) is 0 Å². The first-order valence-corrected chi connectivity index (χ1v) is 6.36. The van der Waals surface area contributed by atoms with Crippen molar-refractivity contribution in [1.29, 1.82) is 0 Å². The minimum atomic E-state index is -0.583. The van der Waals surface area contributed by atoms with Gasteiger partial charge in [-0.3, -0.25) is 4.79 Å². The summed E-state index contributed by atoms with van der Waals surface area (Å²) in [4.78, 5) is 25.2. The molecule has 0 aromatic heterocycles. The summed E-state index contributed by atoms with van der Waals surface area (Å²) >= 11 is 1.46. The highest BCUT2D eigenvalue weighted by Gasteiger charge is 2.42. The third kappa shape index (κ3) is 2.49. The van der Waals surface area contributed by atoms with Crippen LogP contribution >= 0.6 is 11.8 Å². The van der Waals surface area contributed by atoms with Crippen molar-refractivity contribution in [1.82, 2.24) is 10.2 Å². The van der Waals surface area contributed by atoms with Crippen LogP contribution in [0.4, 0.5) is 4.79 Å². The number of hydrogen-bond donors (Lipinski definition) is 1. The second-order valence-corrected chi connectivity index (χ2v) is 5.03. The minimum absolute atomic E-state index is 0.297. The fourth-order valence-corrected chi connectivity index (χ4v) is 2.91. The van der Waals surface area contributed by atoms with Crippen LogP contribution in [0.2, 0.25) is 0 Å². The Morgan fingerprint density at radius 1 is 1.39 bits per heavy atom. The molecule has 3 amide bonds. The van der Waals surface area contributed by atoms with E-state index in [-0.39, 0.29) is 11.3 Å². The fraction of sp³-hybridized carbons (Fsp3) is 0.333. The Labute approximate surface area is 109 Å². The molecule has 1 saturated heterocycles. The van der Waals surface area contributed by atoms with Crippen molar-refractivity contribution >= 4 is 23.7 Å². The summed E-state index contributed by atoms with van der Waals surface area (Å²) in [6, 6.07) is 9.24. The van der Waals surface area contributed by atoms with E-state index in [1.807, 2.05) is 30.3 Å². The molecule has 1 heterocycles. The average molecular weight is 266 g/mol. The van der Waals surface area contributed by atoms with Gasteiger partial charge in [-0.15, -0.1) is 0 Å². The van der Waals surface area contributed by atoms with Gasteiger partial charge in [0.15, 0.2) is 6.23 Å². The number of thioether (sulfide) groups is 1. The Kier molecular flexibility index (Phi) is 3.88. The normalized spacial score (nSPS) is 23.0. The molecule has 0 radical (unpaired) electrons. The summed E-state index contributed by atoms with van der Waals surface area (Å²) in [6.07, 6.45) is -0.583. The lowest BCUT2D eigenvalue weighted by Gasteiger charge is -2.21. The smallest absolute Gasteiger partial charge is 0.327 e. The molecule has 1 N–H and O–H groups in total. The zero-order chi connectivity index (χ0) is 13.1. The average Bonchev–Trinajstić information content (AvgIpc) is 2.66. The molecule has 1 aliphatic rings. The van der Waals surface area contributed by atoms with Crippen molar-refractivity contribution in [2.24, 2.45) is 0 Å². The molecule has 0 aliphatic carbocycles. The van der Waals surface area contributed by atoms with Gasteiger partial charge in [0.2, 0.25) is 5.91 Å². The number of benzene rings is 1. The standard InChI is InChI=1S/C12H14N2O3S/c1-8(15)14-11(17-2)10(13-12(14)16)18-9-6-4-3-5-7-9/h3-7,10-11H,1-2H3,(H,13,16)/t10-,11+/m0/s1. The van der Waals surface area contributed by atoms with E-state index in [9.17, 15) is 9.59 Å². The van der Waals surface area contributed by atoms with Crippen LogP contribution in [0.1, 0.15) is 6.92 Å². The molecule has 1 aromatic rings. The second-order valence-electron chi connectivity index (χ2n) is 3.82. The predicted molar refractivity (Wildman–Crippen MR) is 67.9 cm³/mol. The van der Waals surface area contributed by atoms with Gasteiger partial charge in [0, 0.05) is 18.9 Å². The van der Waals surface area contributed by atoms with Gasteiger partial charge in [-0.1, -0.05) is 30.0 Å². The fourth-order valence-electron chi connectivity index (χ4n) is 1.80. The van der Waals surface area contributed by atoms with Crippen molar-refractivity contribution in [3.63, 3.8) is 0 Å². The summed E-state index contributed by atoms with van der Waals surface area (Å²) in [6.45, 7) is 1.35. The van der Waals surface area contributed by atoms with Crippen molar-refractivity contribution < 1.29 is 14.3 Å². The third-order valence-corrected chi connectivity index (χ3v) is 3.73. The van der Waals surface area contributed by atoms with E-state index in [0.29, 0.717) is 0 Å². The van der Waals surface area contributed by atoms with Gasteiger partial charge < -0.3 is 10.1 Å². The highest BCUT2D eigenvalue weighted by molar-refractivity contribution is 8.00. The van der Waals surface area contributed by atoms with Gasteiger partial charge in [0.05, 0.1) is 0 Å². The summed E-state index contributed by atoms with van der Waals surface area (Å²) in [5.74, 6) is -0.324. The highest BCUT2D eigenvalue weighted by Crippen LogP contribution is 2.29. The van der Waals surface area contributed by atoms with Crippen molar-refractivity contribution in [3.8, 4) is 0 Å². The maximum atomic E-state index is 11.7. The number of imide groups is 1. The Hall–Kier alpha value is -1.53. The second kappa shape index (κ2) is 5.41. The molecular weight excluding hydrogens is 252 g/mol. The number of hydrogen-bond acceptors (Lipinski definition) is 4. The molecule has 0 saturated carbocycles. The molecule has 1 aromatic carbocycles.